The standard InChI is InChI=1S/C15H18ClNO2S/c1-11(12-4-2-3-5-13(12)16)8-14(18)17-9-15(19)6-7-20-10-15/h2-5,8,19H,6-7,9-10H2,1H3,(H,17,18)/b11-8-. The van der Waals surface area contributed by atoms with Crippen molar-refractivity contribution in [2.75, 3.05) is 18.1 Å². The second-order valence-electron chi connectivity index (χ2n) is 5.05. The molecule has 0 saturated carbocycles. The highest BCUT2D eigenvalue weighted by Crippen LogP contribution is 2.27. The maximum Gasteiger partial charge on any atom is 0.244 e. The molecular weight excluding hydrogens is 294 g/mol. The Bertz CT molecular complexity index is 524. The third kappa shape index (κ3) is 4.01. The number of carbonyl (C=O) groups is 1. The average molecular weight is 312 g/mol. The first-order chi connectivity index (χ1) is 9.50. The topological polar surface area (TPSA) is 49.3 Å². The van der Waals surface area contributed by atoms with E-state index in [2.05, 4.69) is 5.32 Å². The van der Waals surface area contributed by atoms with Gasteiger partial charge in [-0.15, -0.1) is 0 Å². The second kappa shape index (κ2) is 6.66. The SMILES string of the molecule is C/C(=C/C(=O)NCC1(O)CCSC1)c1ccccc1Cl. The van der Waals surface area contributed by atoms with E-state index in [1.165, 1.54) is 6.08 Å². The van der Waals surface area contributed by atoms with Gasteiger partial charge in [0.15, 0.2) is 0 Å². The molecule has 0 spiro atoms. The zero-order valence-corrected chi connectivity index (χ0v) is 12.9. The molecule has 2 rings (SSSR count). The number of hydrogen-bond acceptors (Lipinski definition) is 3. The van der Waals surface area contributed by atoms with Gasteiger partial charge in [-0.05, 0) is 36.3 Å². The number of halogens is 1. The van der Waals surface area contributed by atoms with Crippen LogP contribution in [0.3, 0.4) is 0 Å². The summed E-state index contributed by atoms with van der Waals surface area (Å²) in [5.41, 5.74) is 0.896. The van der Waals surface area contributed by atoms with Crippen LogP contribution in [0.2, 0.25) is 5.02 Å². The van der Waals surface area contributed by atoms with Crippen LogP contribution in [-0.2, 0) is 4.79 Å². The number of benzene rings is 1. The van der Waals surface area contributed by atoms with E-state index in [4.69, 9.17) is 11.6 Å². The molecule has 1 amide bonds. The summed E-state index contributed by atoms with van der Waals surface area (Å²) in [6.07, 6.45) is 2.25. The fraction of sp³-hybridized carbons (Fsp3) is 0.400. The van der Waals surface area contributed by atoms with Crippen LogP contribution < -0.4 is 5.32 Å². The van der Waals surface area contributed by atoms with Crippen LogP contribution >= 0.6 is 23.4 Å². The highest BCUT2D eigenvalue weighted by atomic mass is 35.5. The molecule has 1 heterocycles. The van der Waals surface area contributed by atoms with Gasteiger partial charge >= 0.3 is 0 Å². The number of aliphatic hydroxyl groups is 1. The molecule has 1 unspecified atom stereocenters. The molecule has 0 aromatic heterocycles. The van der Waals surface area contributed by atoms with Gasteiger partial charge in [-0.3, -0.25) is 4.79 Å². The van der Waals surface area contributed by atoms with E-state index in [0.29, 0.717) is 17.3 Å². The number of nitrogens with one attached hydrogen (secondary N) is 1. The quantitative estimate of drug-likeness (QED) is 0.841. The molecule has 20 heavy (non-hydrogen) atoms. The summed E-state index contributed by atoms with van der Waals surface area (Å²) < 4.78 is 0. The van der Waals surface area contributed by atoms with Crippen LogP contribution in [0.5, 0.6) is 0 Å². The minimum Gasteiger partial charge on any atom is -0.387 e. The molecule has 1 aliphatic rings. The van der Waals surface area contributed by atoms with Crippen molar-refractivity contribution in [1.82, 2.24) is 5.32 Å². The monoisotopic (exact) mass is 311 g/mol. The average Bonchev–Trinajstić information content (AvgIpc) is 2.84. The van der Waals surface area contributed by atoms with Crippen LogP contribution in [0, 0.1) is 0 Å². The molecule has 1 atom stereocenters. The summed E-state index contributed by atoms with van der Waals surface area (Å²) in [6.45, 7) is 2.14. The number of allylic oxidation sites excluding steroid dienone is 1. The molecule has 1 aliphatic heterocycles. The second-order valence-corrected chi connectivity index (χ2v) is 6.56. The summed E-state index contributed by atoms with van der Waals surface area (Å²) in [5.74, 6) is 1.43. The molecule has 1 aromatic carbocycles. The van der Waals surface area contributed by atoms with Crippen molar-refractivity contribution in [2.45, 2.75) is 18.9 Å². The lowest BCUT2D eigenvalue weighted by molar-refractivity contribution is -0.117. The third-order valence-corrected chi connectivity index (χ3v) is 4.88. The van der Waals surface area contributed by atoms with E-state index in [0.717, 1.165) is 23.3 Å². The maximum atomic E-state index is 11.9. The first kappa shape index (κ1) is 15.4. The lowest BCUT2D eigenvalue weighted by atomic mass is 10.0. The predicted octanol–water partition coefficient (Wildman–Crippen LogP) is 2.73. The number of carbonyl (C=O) groups excluding carboxylic acids is 1. The lowest BCUT2D eigenvalue weighted by Gasteiger charge is -2.21. The predicted molar refractivity (Wildman–Crippen MR) is 85.0 cm³/mol. The van der Waals surface area contributed by atoms with Crippen molar-refractivity contribution in [3.8, 4) is 0 Å². The number of thioether (sulfide) groups is 1. The van der Waals surface area contributed by atoms with Gasteiger partial charge in [-0.2, -0.15) is 11.8 Å². The molecule has 2 N–H and O–H groups in total. The fourth-order valence-electron chi connectivity index (χ4n) is 2.09. The van der Waals surface area contributed by atoms with Gasteiger partial charge in [0.1, 0.15) is 0 Å². The van der Waals surface area contributed by atoms with Gasteiger partial charge < -0.3 is 10.4 Å². The molecule has 108 valence electrons. The molecular formula is C15H18ClNO2S. The third-order valence-electron chi connectivity index (χ3n) is 3.32. The van der Waals surface area contributed by atoms with Crippen molar-refractivity contribution in [1.29, 1.82) is 0 Å². The summed E-state index contributed by atoms with van der Waals surface area (Å²) in [7, 11) is 0. The van der Waals surface area contributed by atoms with Crippen molar-refractivity contribution in [2.24, 2.45) is 0 Å². The normalized spacial score (nSPS) is 22.9. The van der Waals surface area contributed by atoms with Crippen LogP contribution in [-0.4, -0.2) is 34.7 Å². The van der Waals surface area contributed by atoms with Crippen LogP contribution in [0.25, 0.3) is 5.57 Å². The largest absolute Gasteiger partial charge is 0.387 e. The number of rotatable bonds is 4. The lowest BCUT2D eigenvalue weighted by Crippen LogP contribution is -2.42. The van der Waals surface area contributed by atoms with Gasteiger partial charge in [0.25, 0.3) is 0 Å². The minimum atomic E-state index is -0.757. The Labute approximate surface area is 128 Å². The summed E-state index contributed by atoms with van der Waals surface area (Å²) in [4.78, 5) is 11.9. The van der Waals surface area contributed by atoms with Gasteiger partial charge in [0.05, 0.1) is 5.60 Å². The maximum absolute atomic E-state index is 11.9. The van der Waals surface area contributed by atoms with Crippen LogP contribution in [0.1, 0.15) is 18.9 Å². The minimum absolute atomic E-state index is 0.201. The van der Waals surface area contributed by atoms with Crippen molar-refractivity contribution in [3.05, 3.63) is 40.9 Å². The summed E-state index contributed by atoms with van der Waals surface area (Å²) in [5, 5.41) is 13.5. The van der Waals surface area contributed by atoms with E-state index >= 15 is 0 Å². The molecule has 0 radical (unpaired) electrons. The fourth-order valence-corrected chi connectivity index (χ4v) is 3.67. The van der Waals surface area contributed by atoms with Gasteiger partial charge in [-0.1, -0.05) is 29.8 Å². The smallest absolute Gasteiger partial charge is 0.244 e. The highest BCUT2D eigenvalue weighted by molar-refractivity contribution is 7.99. The molecule has 1 saturated heterocycles. The van der Waals surface area contributed by atoms with Gasteiger partial charge in [0.2, 0.25) is 5.91 Å². The summed E-state index contributed by atoms with van der Waals surface area (Å²) in [6, 6.07) is 7.41. The first-order valence-corrected chi connectivity index (χ1v) is 8.05. The van der Waals surface area contributed by atoms with E-state index in [1.807, 2.05) is 25.1 Å². The number of amides is 1. The van der Waals surface area contributed by atoms with E-state index in [-0.39, 0.29) is 5.91 Å². The molecule has 0 aliphatic carbocycles. The Morgan fingerprint density at radius 3 is 2.95 bits per heavy atom. The molecule has 1 aromatic rings. The van der Waals surface area contributed by atoms with E-state index in [9.17, 15) is 9.90 Å². The molecule has 0 bridgehead atoms. The van der Waals surface area contributed by atoms with Crippen molar-refractivity contribution < 1.29 is 9.90 Å². The molecule has 5 heteroatoms. The highest BCUT2D eigenvalue weighted by Gasteiger charge is 2.31. The Morgan fingerprint density at radius 1 is 1.55 bits per heavy atom. The first-order valence-electron chi connectivity index (χ1n) is 6.51. The Hall–Kier alpha value is -0.970. The summed E-state index contributed by atoms with van der Waals surface area (Å²) >= 11 is 7.80. The number of hydrogen-bond donors (Lipinski definition) is 2. The van der Waals surface area contributed by atoms with Gasteiger partial charge in [-0.25, -0.2) is 0 Å². The zero-order chi connectivity index (χ0) is 14.6. The zero-order valence-electron chi connectivity index (χ0n) is 11.4. The van der Waals surface area contributed by atoms with Crippen molar-refractivity contribution in [3.63, 3.8) is 0 Å². The van der Waals surface area contributed by atoms with Crippen LogP contribution in [0.15, 0.2) is 30.3 Å². The van der Waals surface area contributed by atoms with Gasteiger partial charge in [0, 0.05) is 23.4 Å². The Balaban J connectivity index is 1.96. The van der Waals surface area contributed by atoms with Crippen molar-refractivity contribution >= 4 is 34.8 Å². The van der Waals surface area contributed by atoms with Crippen LogP contribution in [0.4, 0.5) is 0 Å². The molecule has 3 nitrogen and oxygen atoms in total. The van der Waals surface area contributed by atoms with E-state index < -0.39 is 5.60 Å². The molecule has 1 fully saturated rings. The Morgan fingerprint density at radius 2 is 2.30 bits per heavy atom. The van der Waals surface area contributed by atoms with E-state index in [1.54, 1.807) is 17.8 Å². The Kier molecular flexibility index (Phi) is 5.13.